The zero-order valence-electron chi connectivity index (χ0n) is 19.4. The molecule has 170 valence electrons. The number of para-hydroxylation sites is 1. The van der Waals surface area contributed by atoms with Crippen molar-refractivity contribution in [2.75, 3.05) is 13.6 Å². The second-order valence-electron chi connectivity index (χ2n) is 9.29. The minimum atomic E-state index is -0.463. The molecule has 1 N–H and O–H groups in total. The molecular formula is C28H31N3O2. The van der Waals surface area contributed by atoms with Crippen molar-refractivity contribution in [3.8, 4) is 0 Å². The Hall–Kier alpha value is -3.34. The molecule has 33 heavy (non-hydrogen) atoms. The molecule has 2 heterocycles. The SMILES string of the molecule is CN1C(=O)c2ccccc2[C@@H](C(=O)NCCC2=CCCCC2)[C@@H]1c1cn(C)c2ccccc12. The lowest BCUT2D eigenvalue weighted by molar-refractivity contribution is -0.124. The van der Waals surface area contributed by atoms with Crippen molar-refractivity contribution in [2.45, 2.75) is 44.1 Å². The quantitative estimate of drug-likeness (QED) is 0.561. The molecule has 3 aromatic rings. The average molecular weight is 442 g/mol. The average Bonchev–Trinajstić information content (AvgIpc) is 3.18. The third-order valence-corrected chi connectivity index (χ3v) is 7.24. The van der Waals surface area contributed by atoms with Crippen LogP contribution in [0.2, 0.25) is 0 Å². The van der Waals surface area contributed by atoms with Crippen molar-refractivity contribution < 1.29 is 9.59 Å². The van der Waals surface area contributed by atoms with Gasteiger partial charge in [-0.05, 0) is 49.8 Å². The summed E-state index contributed by atoms with van der Waals surface area (Å²) in [5.74, 6) is -0.522. The molecule has 1 aliphatic heterocycles. The van der Waals surface area contributed by atoms with E-state index in [0.29, 0.717) is 12.1 Å². The number of amides is 2. The molecular weight excluding hydrogens is 410 g/mol. The predicted molar refractivity (Wildman–Crippen MR) is 131 cm³/mol. The molecule has 1 aromatic heterocycles. The Kier molecular flexibility index (Phi) is 5.79. The van der Waals surface area contributed by atoms with Gasteiger partial charge in [-0.25, -0.2) is 0 Å². The van der Waals surface area contributed by atoms with Gasteiger partial charge in [-0.2, -0.15) is 0 Å². The summed E-state index contributed by atoms with van der Waals surface area (Å²) in [5, 5.41) is 4.28. The molecule has 0 bridgehead atoms. The molecule has 0 radical (unpaired) electrons. The number of benzene rings is 2. The van der Waals surface area contributed by atoms with Gasteiger partial charge in [0.05, 0.1) is 12.0 Å². The summed E-state index contributed by atoms with van der Waals surface area (Å²) >= 11 is 0. The Morgan fingerprint density at radius 3 is 2.64 bits per heavy atom. The van der Waals surface area contributed by atoms with E-state index in [4.69, 9.17) is 0 Å². The highest BCUT2D eigenvalue weighted by atomic mass is 16.2. The molecule has 2 amide bonds. The number of fused-ring (bicyclic) bond motifs is 2. The molecule has 0 fully saturated rings. The van der Waals surface area contributed by atoms with Crippen LogP contribution in [0.3, 0.4) is 0 Å². The van der Waals surface area contributed by atoms with E-state index in [1.165, 1.54) is 18.4 Å². The van der Waals surface area contributed by atoms with Gasteiger partial charge in [0, 0.05) is 48.9 Å². The fraction of sp³-hybridized carbons (Fsp3) is 0.357. The second kappa shape index (κ2) is 8.89. The lowest BCUT2D eigenvalue weighted by atomic mass is 9.79. The Balaban J connectivity index is 1.52. The van der Waals surface area contributed by atoms with Crippen molar-refractivity contribution in [1.82, 2.24) is 14.8 Å². The molecule has 2 aromatic carbocycles. The van der Waals surface area contributed by atoms with Crippen LogP contribution in [0.4, 0.5) is 0 Å². The van der Waals surface area contributed by atoms with Crippen LogP contribution >= 0.6 is 0 Å². The van der Waals surface area contributed by atoms with Crippen LogP contribution in [-0.4, -0.2) is 34.9 Å². The standard InChI is InChI=1S/C28H31N3O2/c1-30-18-23(20-12-8-9-15-24(20)30)26-25(21-13-6-7-14-22(21)28(33)31(26)2)27(32)29-17-16-19-10-4-3-5-11-19/h6-10,12-15,18,25-26H,3-5,11,16-17H2,1-2H3,(H,29,32)/t25-,26+/m1/s1. The zero-order valence-corrected chi connectivity index (χ0v) is 19.4. The van der Waals surface area contributed by atoms with E-state index in [9.17, 15) is 9.59 Å². The Bertz CT molecular complexity index is 1240. The largest absolute Gasteiger partial charge is 0.355 e. The normalized spacial score (nSPS) is 20.5. The van der Waals surface area contributed by atoms with Gasteiger partial charge in [0.25, 0.3) is 5.91 Å². The van der Waals surface area contributed by atoms with Crippen molar-refractivity contribution >= 4 is 22.7 Å². The fourth-order valence-corrected chi connectivity index (χ4v) is 5.54. The van der Waals surface area contributed by atoms with Crippen LogP contribution < -0.4 is 5.32 Å². The molecule has 0 saturated carbocycles. The van der Waals surface area contributed by atoms with Crippen LogP contribution in [0.15, 0.2) is 66.4 Å². The van der Waals surface area contributed by atoms with Gasteiger partial charge < -0.3 is 14.8 Å². The maximum atomic E-state index is 13.7. The number of nitrogens with zero attached hydrogens (tertiary/aromatic N) is 2. The zero-order chi connectivity index (χ0) is 22.9. The van der Waals surface area contributed by atoms with E-state index < -0.39 is 5.92 Å². The van der Waals surface area contributed by atoms with E-state index in [0.717, 1.165) is 41.3 Å². The predicted octanol–water partition coefficient (Wildman–Crippen LogP) is 5.10. The van der Waals surface area contributed by atoms with E-state index in [2.05, 4.69) is 34.3 Å². The maximum absolute atomic E-state index is 13.7. The number of hydrogen-bond acceptors (Lipinski definition) is 2. The highest BCUT2D eigenvalue weighted by molar-refractivity contribution is 6.02. The lowest BCUT2D eigenvalue weighted by Gasteiger charge is -2.39. The minimum absolute atomic E-state index is 0.0175. The number of likely N-dealkylation sites (N-methyl/N-ethyl adjacent to an activating group) is 1. The fourth-order valence-electron chi connectivity index (χ4n) is 5.54. The molecule has 2 aliphatic rings. The summed E-state index contributed by atoms with van der Waals surface area (Å²) in [5.41, 5.74) is 4.98. The van der Waals surface area contributed by atoms with Crippen molar-refractivity contribution in [3.05, 3.63) is 83.1 Å². The summed E-state index contributed by atoms with van der Waals surface area (Å²) in [6.45, 7) is 0.628. The van der Waals surface area contributed by atoms with E-state index in [1.807, 2.05) is 50.5 Å². The van der Waals surface area contributed by atoms with Gasteiger partial charge in [0.1, 0.15) is 0 Å². The third kappa shape index (κ3) is 3.86. The van der Waals surface area contributed by atoms with Crippen molar-refractivity contribution in [3.63, 3.8) is 0 Å². The van der Waals surface area contributed by atoms with Crippen LogP contribution in [0.1, 0.15) is 65.5 Å². The highest BCUT2D eigenvalue weighted by Gasteiger charge is 2.43. The molecule has 2 atom stereocenters. The first kappa shape index (κ1) is 21.5. The number of aryl methyl sites for hydroxylation is 1. The Morgan fingerprint density at radius 2 is 1.82 bits per heavy atom. The maximum Gasteiger partial charge on any atom is 0.254 e. The van der Waals surface area contributed by atoms with E-state index in [1.54, 1.807) is 4.90 Å². The van der Waals surface area contributed by atoms with Crippen molar-refractivity contribution in [2.24, 2.45) is 7.05 Å². The molecule has 5 rings (SSSR count). The summed E-state index contributed by atoms with van der Waals surface area (Å²) in [6, 6.07) is 15.4. The summed E-state index contributed by atoms with van der Waals surface area (Å²) in [6.07, 6.45) is 10.1. The molecule has 0 saturated heterocycles. The highest BCUT2D eigenvalue weighted by Crippen LogP contribution is 2.44. The first-order valence-electron chi connectivity index (χ1n) is 11.9. The number of hydrogen-bond donors (Lipinski definition) is 1. The van der Waals surface area contributed by atoms with Gasteiger partial charge in [-0.1, -0.05) is 48.0 Å². The van der Waals surface area contributed by atoms with Crippen LogP contribution in [0.25, 0.3) is 10.9 Å². The number of allylic oxidation sites excluding steroid dienone is 1. The number of carbonyl (C=O) groups is 2. The van der Waals surface area contributed by atoms with E-state index >= 15 is 0 Å². The first-order chi connectivity index (χ1) is 16.1. The number of nitrogens with one attached hydrogen (secondary N) is 1. The Morgan fingerprint density at radius 1 is 1.03 bits per heavy atom. The van der Waals surface area contributed by atoms with Crippen LogP contribution in [-0.2, 0) is 11.8 Å². The smallest absolute Gasteiger partial charge is 0.254 e. The molecule has 5 nitrogen and oxygen atoms in total. The third-order valence-electron chi connectivity index (χ3n) is 7.24. The van der Waals surface area contributed by atoms with Gasteiger partial charge in [-0.3, -0.25) is 9.59 Å². The first-order valence-corrected chi connectivity index (χ1v) is 11.9. The summed E-state index contributed by atoms with van der Waals surface area (Å²) < 4.78 is 2.08. The van der Waals surface area contributed by atoms with Gasteiger partial charge in [0.15, 0.2) is 0 Å². The van der Waals surface area contributed by atoms with Crippen LogP contribution in [0, 0.1) is 0 Å². The molecule has 0 spiro atoms. The number of aromatic nitrogens is 1. The molecule has 0 unspecified atom stereocenters. The number of carbonyl (C=O) groups excluding carboxylic acids is 2. The van der Waals surface area contributed by atoms with Gasteiger partial charge in [0.2, 0.25) is 5.91 Å². The number of rotatable bonds is 5. The summed E-state index contributed by atoms with van der Waals surface area (Å²) in [7, 11) is 3.83. The molecule has 1 aliphatic carbocycles. The second-order valence-corrected chi connectivity index (χ2v) is 9.29. The van der Waals surface area contributed by atoms with E-state index in [-0.39, 0.29) is 17.9 Å². The van der Waals surface area contributed by atoms with Crippen LogP contribution in [0.5, 0.6) is 0 Å². The monoisotopic (exact) mass is 441 g/mol. The summed E-state index contributed by atoms with van der Waals surface area (Å²) in [4.78, 5) is 28.8. The minimum Gasteiger partial charge on any atom is -0.355 e. The Labute approximate surface area is 195 Å². The topological polar surface area (TPSA) is 54.3 Å². The van der Waals surface area contributed by atoms with Gasteiger partial charge >= 0.3 is 0 Å². The lowest BCUT2D eigenvalue weighted by Crippen LogP contribution is -2.45. The van der Waals surface area contributed by atoms with Gasteiger partial charge in [-0.15, -0.1) is 0 Å². The molecule has 5 heteroatoms. The van der Waals surface area contributed by atoms with Crippen molar-refractivity contribution in [1.29, 1.82) is 0 Å².